The molecule has 0 heterocycles. The van der Waals surface area contributed by atoms with Crippen LogP contribution in [0.4, 0.5) is 5.69 Å². The van der Waals surface area contributed by atoms with Crippen LogP contribution in [0.5, 0.6) is 5.75 Å². The van der Waals surface area contributed by atoms with E-state index in [1.807, 2.05) is 0 Å². The highest BCUT2D eigenvalue weighted by atomic mass is 35.6. The average Bonchev–Trinajstić information content (AvgIpc) is 2.64. The molecule has 1 amide bonds. The van der Waals surface area contributed by atoms with Crippen LogP contribution >= 0.6 is 70.2 Å². The Labute approximate surface area is 198 Å². The number of thiocarbonyl (C=S) groups is 1. The molecule has 29 heavy (non-hydrogen) atoms. The molecule has 156 valence electrons. The zero-order chi connectivity index (χ0) is 21.6. The molecule has 0 aliphatic rings. The van der Waals surface area contributed by atoms with Crippen LogP contribution in [0.2, 0.25) is 10.0 Å². The van der Waals surface area contributed by atoms with Crippen LogP contribution < -0.4 is 20.7 Å². The van der Waals surface area contributed by atoms with Gasteiger partial charge in [-0.05, 0) is 48.1 Å². The topological polar surface area (TPSA) is 62.4 Å². The monoisotopic (exact) mass is 513 g/mol. The third kappa shape index (κ3) is 7.89. The van der Waals surface area contributed by atoms with Gasteiger partial charge in [-0.2, -0.15) is 0 Å². The molecule has 0 aromatic heterocycles. The first-order chi connectivity index (χ1) is 13.6. The summed E-state index contributed by atoms with van der Waals surface area (Å²) in [6, 6.07) is 11.9. The zero-order valence-corrected chi connectivity index (χ0v) is 19.5. The van der Waals surface area contributed by atoms with Crippen LogP contribution in [0.25, 0.3) is 0 Å². The molecule has 1 atom stereocenters. The molecule has 0 spiro atoms. The smallest absolute Gasteiger partial charge is 0.228 e. The quantitative estimate of drug-likeness (QED) is 0.275. The maximum absolute atomic E-state index is 12.4. The predicted molar refractivity (Wildman–Crippen MR) is 125 cm³/mol. The fourth-order valence-corrected chi connectivity index (χ4v) is 3.12. The summed E-state index contributed by atoms with van der Waals surface area (Å²) in [5.41, 5.74) is 1.22. The molecule has 11 heteroatoms. The van der Waals surface area contributed by atoms with Crippen molar-refractivity contribution in [3.05, 3.63) is 58.1 Å². The SMILES string of the molecule is COc1ccc(CC(=O)NC(NC(=S)Nc2cc(Cl)ccc2Cl)C(Cl)(Cl)Cl)cc1. The highest BCUT2D eigenvalue weighted by molar-refractivity contribution is 7.80. The van der Waals surface area contributed by atoms with Crippen molar-refractivity contribution in [1.82, 2.24) is 10.6 Å². The van der Waals surface area contributed by atoms with E-state index in [0.29, 0.717) is 21.5 Å². The summed E-state index contributed by atoms with van der Waals surface area (Å²) >= 11 is 35.3. The number of halogens is 5. The molecule has 5 nitrogen and oxygen atoms in total. The van der Waals surface area contributed by atoms with Crippen LogP contribution in [-0.4, -0.2) is 28.1 Å². The van der Waals surface area contributed by atoms with Gasteiger partial charge in [-0.1, -0.05) is 70.1 Å². The minimum Gasteiger partial charge on any atom is -0.497 e. The Morgan fingerprint density at radius 3 is 2.34 bits per heavy atom. The van der Waals surface area contributed by atoms with Gasteiger partial charge in [0.15, 0.2) is 5.11 Å². The standard InChI is InChI=1S/C18H16Cl5N3O2S/c1-28-12-5-2-10(3-6-12)8-15(27)25-16(18(21,22)23)26-17(29)24-14-9-11(19)4-7-13(14)20/h2-7,9,16H,8H2,1H3,(H,25,27)(H2,24,26,29). The van der Waals surface area contributed by atoms with Gasteiger partial charge < -0.3 is 20.7 Å². The number of alkyl halides is 3. The van der Waals surface area contributed by atoms with Crippen LogP contribution in [0.15, 0.2) is 42.5 Å². The first kappa shape index (κ1) is 24.1. The Morgan fingerprint density at radius 2 is 1.76 bits per heavy atom. The molecule has 0 saturated carbocycles. The number of nitrogens with one attached hydrogen (secondary N) is 3. The molecule has 0 aliphatic carbocycles. The van der Waals surface area contributed by atoms with Crippen LogP contribution in [0, 0.1) is 0 Å². The van der Waals surface area contributed by atoms with Crippen molar-refractivity contribution in [3.8, 4) is 5.75 Å². The fourth-order valence-electron chi connectivity index (χ4n) is 2.22. The summed E-state index contributed by atoms with van der Waals surface area (Å²) in [5.74, 6) is 0.314. The maximum Gasteiger partial charge on any atom is 0.228 e. The molecule has 0 bridgehead atoms. The van der Waals surface area contributed by atoms with Crippen molar-refractivity contribution < 1.29 is 9.53 Å². The van der Waals surface area contributed by atoms with E-state index in [9.17, 15) is 4.79 Å². The Balaban J connectivity index is 2.01. The minimum absolute atomic E-state index is 0.0727. The molecule has 0 fully saturated rings. The van der Waals surface area contributed by atoms with Gasteiger partial charge in [0, 0.05) is 5.02 Å². The first-order valence-electron chi connectivity index (χ1n) is 8.10. The molecule has 0 radical (unpaired) electrons. The van der Waals surface area contributed by atoms with Crippen molar-refractivity contribution in [2.75, 3.05) is 12.4 Å². The lowest BCUT2D eigenvalue weighted by Crippen LogP contribution is -2.56. The number of amides is 1. The Hall–Kier alpha value is -1.15. The molecule has 0 aliphatic heterocycles. The number of benzene rings is 2. The number of ether oxygens (including phenoxy) is 1. The lowest BCUT2D eigenvalue weighted by atomic mass is 10.1. The summed E-state index contributed by atoms with van der Waals surface area (Å²) in [7, 11) is 1.56. The lowest BCUT2D eigenvalue weighted by Gasteiger charge is -2.28. The second-order valence-corrected chi connectivity index (χ2v) is 9.41. The summed E-state index contributed by atoms with van der Waals surface area (Å²) < 4.78 is 3.21. The van der Waals surface area contributed by atoms with Gasteiger partial charge in [0.05, 0.1) is 24.2 Å². The fraction of sp³-hybridized carbons (Fsp3) is 0.222. The molecule has 2 rings (SSSR count). The van der Waals surface area contributed by atoms with Crippen molar-refractivity contribution in [3.63, 3.8) is 0 Å². The number of rotatable bonds is 6. The summed E-state index contributed by atoms with van der Waals surface area (Å²) in [4.78, 5) is 12.4. The lowest BCUT2D eigenvalue weighted by molar-refractivity contribution is -0.121. The van der Waals surface area contributed by atoms with Crippen LogP contribution in [0.1, 0.15) is 5.56 Å². The van der Waals surface area contributed by atoms with E-state index in [0.717, 1.165) is 5.56 Å². The number of carbonyl (C=O) groups excluding carboxylic acids is 1. The van der Waals surface area contributed by atoms with Gasteiger partial charge in [-0.3, -0.25) is 4.79 Å². The van der Waals surface area contributed by atoms with Gasteiger partial charge >= 0.3 is 0 Å². The largest absolute Gasteiger partial charge is 0.497 e. The minimum atomic E-state index is -1.88. The molecule has 0 saturated heterocycles. The Bertz CT molecular complexity index is 875. The highest BCUT2D eigenvalue weighted by Crippen LogP contribution is 2.30. The molecule has 1 unspecified atom stereocenters. The van der Waals surface area contributed by atoms with E-state index in [1.54, 1.807) is 49.6 Å². The van der Waals surface area contributed by atoms with Crippen molar-refractivity contribution in [2.24, 2.45) is 0 Å². The number of methoxy groups -OCH3 is 1. The van der Waals surface area contributed by atoms with Crippen molar-refractivity contribution >= 4 is 86.9 Å². The van der Waals surface area contributed by atoms with Gasteiger partial charge in [0.2, 0.25) is 9.70 Å². The highest BCUT2D eigenvalue weighted by Gasteiger charge is 2.34. The third-order valence-electron chi connectivity index (χ3n) is 3.61. The molecule has 2 aromatic rings. The van der Waals surface area contributed by atoms with Crippen LogP contribution in [0.3, 0.4) is 0 Å². The predicted octanol–water partition coefficient (Wildman–Crippen LogP) is 5.34. The normalized spacial score (nSPS) is 12.1. The number of carbonyl (C=O) groups is 1. The van der Waals surface area contributed by atoms with Crippen molar-refractivity contribution in [1.29, 1.82) is 0 Å². The second kappa shape index (κ2) is 10.8. The van der Waals surface area contributed by atoms with E-state index >= 15 is 0 Å². The van der Waals surface area contributed by atoms with E-state index in [4.69, 9.17) is 75.0 Å². The Kier molecular flexibility index (Phi) is 8.94. The Morgan fingerprint density at radius 1 is 1.10 bits per heavy atom. The third-order valence-corrected chi connectivity index (χ3v) is 5.05. The zero-order valence-electron chi connectivity index (χ0n) is 14.9. The number of hydrogen-bond acceptors (Lipinski definition) is 3. The maximum atomic E-state index is 12.4. The summed E-state index contributed by atoms with van der Waals surface area (Å²) in [6.07, 6.45) is -1.03. The summed E-state index contributed by atoms with van der Waals surface area (Å²) in [6.45, 7) is 0. The second-order valence-electron chi connectivity index (χ2n) is 5.79. The van der Waals surface area contributed by atoms with E-state index in [-0.39, 0.29) is 17.4 Å². The molecular formula is C18H16Cl5N3O2S. The number of anilines is 1. The van der Waals surface area contributed by atoms with Gasteiger partial charge in [0.1, 0.15) is 11.9 Å². The van der Waals surface area contributed by atoms with Gasteiger partial charge in [0.25, 0.3) is 0 Å². The first-order valence-corrected chi connectivity index (χ1v) is 10.4. The van der Waals surface area contributed by atoms with Gasteiger partial charge in [-0.15, -0.1) is 0 Å². The van der Waals surface area contributed by atoms with Crippen molar-refractivity contribution in [2.45, 2.75) is 16.4 Å². The number of hydrogen-bond donors (Lipinski definition) is 3. The molecule has 2 aromatic carbocycles. The summed E-state index contributed by atoms with van der Waals surface area (Å²) in [5, 5.41) is 9.16. The molecule has 3 N–H and O–H groups in total. The van der Waals surface area contributed by atoms with Gasteiger partial charge in [-0.25, -0.2) is 0 Å². The molecular weight excluding hydrogens is 500 g/mol. The average molecular weight is 516 g/mol. The van der Waals surface area contributed by atoms with E-state index in [2.05, 4.69) is 16.0 Å². The van der Waals surface area contributed by atoms with E-state index < -0.39 is 9.96 Å². The van der Waals surface area contributed by atoms with Crippen LogP contribution in [-0.2, 0) is 11.2 Å². The van der Waals surface area contributed by atoms with E-state index in [1.165, 1.54) is 0 Å².